The van der Waals surface area contributed by atoms with Crippen LogP contribution in [0.4, 0.5) is 0 Å². The quantitative estimate of drug-likeness (QED) is 0.537. The molecule has 1 saturated heterocycles. The molecule has 3 N–H and O–H groups in total. The molecular formula is C21H19N3O5S2. The van der Waals surface area contributed by atoms with Crippen molar-refractivity contribution in [3.05, 3.63) is 70.5 Å². The minimum absolute atomic E-state index is 0.0759. The second-order valence-electron chi connectivity index (χ2n) is 6.94. The summed E-state index contributed by atoms with van der Waals surface area (Å²) in [7, 11) is 0. The van der Waals surface area contributed by atoms with E-state index in [1.54, 1.807) is 12.3 Å². The number of hydrogen-bond donors (Lipinski definition) is 3. The van der Waals surface area contributed by atoms with Crippen LogP contribution in [0.5, 0.6) is 0 Å². The Bertz CT molecular complexity index is 1060. The molecule has 0 unspecified atom stereocenters. The van der Waals surface area contributed by atoms with Crippen molar-refractivity contribution in [3.63, 3.8) is 0 Å². The van der Waals surface area contributed by atoms with Gasteiger partial charge in [-0.05, 0) is 11.6 Å². The third kappa shape index (κ3) is 4.32. The largest absolute Gasteiger partial charge is 0.477 e. The molecule has 0 saturated carbocycles. The highest BCUT2D eigenvalue weighted by Gasteiger charge is 2.54. The number of aliphatic hydroxyl groups is 1. The minimum Gasteiger partial charge on any atom is -0.477 e. The molecule has 3 heterocycles. The highest BCUT2D eigenvalue weighted by Crippen LogP contribution is 2.45. The Hall–Kier alpha value is -2.82. The number of pyridine rings is 1. The van der Waals surface area contributed by atoms with Crippen molar-refractivity contribution in [2.45, 2.75) is 29.3 Å². The van der Waals surface area contributed by atoms with Crippen LogP contribution < -0.4 is 5.32 Å². The van der Waals surface area contributed by atoms with Gasteiger partial charge >= 0.3 is 5.97 Å². The maximum absolute atomic E-state index is 12.8. The topological polar surface area (TPSA) is 120 Å². The van der Waals surface area contributed by atoms with Gasteiger partial charge in [0.25, 0.3) is 5.91 Å². The lowest BCUT2D eigenvalue weighted by Gasteiger charge is -2.49. The molecule has 2 aliphatic heterocycles. The summed E-state index contributed by atoms with van der Waals surface area (Å²) >= 11 is 2.61. The van der Waals surface area contributed by atoms with Crippen LogP contribution in [0, 0.1) is 0 Å². The van der Waals surface area contributed by atoms with Gasteiger partial charge in [-0.1, -0.05) is 42.1 Å². The molecule has 2 atom stereocenters. The number of nitrogens with zero attached hydrogens (tertiary/aromatic N) is 2. The number of benzene rings is 1. The Labute approximate surface area is 186 Å². The van der Waals surface area contributed by atoms with Crippen molar-refractivity contribution in [3.8, 4) is 0 Å². The second-order valence-corrected chi connectivity index (χ2v) is 9.18. The first kappa shape index (κ1) is 21.4. The Morgan fingerprint density at radius 3 is 2.74 bits per heavy atom. The van der Waals surface area contributed by atoms with Crippen LogP contribution in [-0.4, -0.2) is 55.0 Å². The fraction of sp³-hybridized carbons (Fsp3) is 0.238. The number of aliphatic carboxylic acids is 1. The maximum Gasteiger partial charge on any atom is 0.353 e. The molecular weight excluding hydrogens is 438 g/mol. The van der Waals surface area contributed by atoms with Crippen LogP contribution in [0.25, 0.3) is 0 Å². The zero-order valence-electron chi connectivity index (χ0n) is 16.2. The van der Waals surface area contributed by atoms with Gasteiger partial charge < -0.3 is 15.5 Å². The smallest absolute Gasteiger partial charge is 0.353 e. The highest BCUT2D eigenvalue weighted by molar-refractivity contribution is 8.06. The van der Waals surface area contributed by atoms with Crippen LogP contribution >= 0.6 is 23.5 Å². The molecule has 160 valence electrons. The highest BCUT2D eigenvalue weighted by atomic mass is 32.2. The monoisotopic (exact) mass is 457 g/mol. The lowest BCUT2D eigenvalue weighted by Crippen LogP contribution is -2.70. The van der Waals surface area contributed by atoms with E-state index in [2.05, 4.69) is 10.3 Å². The van der Waals surface area contributed by atoms with Gasteiger partial charge in [0.15, 0.2) is 0 Å². The number of aromatic nitrogens is 1. The lowest BCUT2D eigenvalue weighted by molar-refractivity contribution is -0.150. The van der Waals surface area contributed by atoms with Crippen molar-refractivity contribution in [1.82, 2.24) is 15.2 Å². The molecule has 0 spiro atoms. The Morgan fingerprint density at radius 2 is 2.03 bits per heavy atom. The molecule has 2 aromatic rings. The van der Waals surface area contributed by atoms with Gasteiger partial charge in [0.05, 0.1) is 13.0 Å². The molecule has 2 aliphatic rings. The third-order valence-electron chi connectivity index (χ3n) is 4.92. The SMILES string of the molecule is O=C(Cc1ccccc1)N[C@@H]1C(=O)N2C(C(=O)O)=C(Sc3ccncc3CO)CS[C@@H]12. The van der Waals surface area contributed by atoms with Crippen LogP contribution in [0.3, 0.4) is 0 Å². The second kappa shape index (κ2) is 9.13. The third-order valence-corrected chi connectivity index (χ3v) is 7.59. The zero-order chi connectivity index (χ0) is 22.0. The number of β-lactam (4-membered cyclic amide) rings is 1. The summed E-state index contributed by atoms with van der Waals surface area (Å²) in [5.41, 5.74) is 1.34. The zero-order valence-corrected chi connectivity index (χ0v) is 17.9. The summed E-state index contributed by atoms with van der Waals surface area (Å²) in [6.45, 7) is -0.222. The van der Waals surface area contributed by atoms with Gasteiger partial charge in [0.2, 0.25) is 5.91 Å². The van der Waals surface area contributed by atoms with E-state index in [4.69, 9.17) is 0 Å². The van der Waals surface area contributed by atoms with Crippen LogP contribution in [0.1, 0.15) is 11.1 Å². The predicted octanol–water partition coefficient (Wildman–Crippen LogP) is 1.60. The number of fused-ring (bicyclic) bond motifs is 1. The summed E-state index contributed by atoms with van der Waals surface area (Å²) in [6.07, 6.45) is 3.24. The van der Waals surface area contributed by atoms with Crippen molar-refractivity contribution in [1.29, 1.82) is 0 Å². The summed E-state index contributed by atoms with van der Waals surface area (Å²) in [5, 5.41) is 21.6. The molecule has 2 amide bonds. The average molecular weight is 458 g/mol. The van der Waals surface area contributed by atoms with Gasteiger partial charge in [-0.25, -0.2) is 4.79 Å². The minimum atomic E-state index is -1.20. The van der Waals surface area contributed by atoms with E-state index in [0.29, 0.717) is 21.1 Å². The Kier molecular flexibility index (Phi) is 6.30. The fourth-order valence-electron chi connectivity index (χ4n) is 3.44. The molecule has 8 nitrogen and oxygen atoms in total. The number of amides is 2. The average Bonchev–Trinajstić information content (AvgIpc) is 2.78. The van der Waals surface area contributed by atoms with Crippen LogP contribution in [0.2, 0.25) is 0 Å². The Morgan fingerprint density at radius 1 is 1.26 bits per heavy atom. The molecule has 1 aromatic heterocycles. The molecule has 4 rings (SSSR count). The predicted molar refractivity (Wildman–Crippen MR) is 116 cm³/mol. The van der Waals surface area contributed by atoms with Crippen molar-refractivity contribution in [2.75, 3.05) is 5.75 Å². The number of aliphatic hydroxyl groups excluding tert-OH is 1. The van der Waals surface area contributed by atoms with Gasteiger partial charge in [0.1, 0.15) is 17.1 Å². The number of carboxylic acids is 1. The molecule has 1 fully saturated rings. The van der Waals surface area contributed by atoms with Crippen LogP contribution in [0.15, 0.2) is 64.3 Å². The van der Waals surface area contributed by atoms with Crippen molar-refractivity contribution < 1.29 is 24.6 Å². The van der Waals surface area contributed by atoms with E-state index in [1.165, 1.54) is 34.6 Å². The van der Waals surface area contributed by atoms with E-state index in [9.17, 15) is 24.6 Å². The molecule has 10 heteroatoms. The Balaban J connectivity index is 1.50. The normalized spacial score (nSPS) is 20.2. The number of rotatable bonds is 7. The summed E-state index contributed by atoms with van der Waals surface area (Å²) in [4.78, 5) is 43.5. The first-order chi connectivity index (χ1) is 15.0. The van der Waals surface area contributed by atoms with E-state index in [-0.39, 0.29) is 24.6 Å². The van der Waals surface area contributed by atoms with Gasteiger partial charge in [-0.15, -0.1) is 11.8 Å². The van der Waals surface area contributed by atoms with Crippen LogP contribution in [-0.2, 0) is 27.4 Å². The number of hydrogen-bond acceptors (Lipinski definition) is 7. The standard InChI is InChI=1S/C21H19N3O5S2/c25-10-13-9-22-7-6-14(13)31-15-11-30-20-17(19(27)24(20)18(15)21(28)29)23-16(26)8-12-4-2-1-3-5-12/h1-7,9,17,20,25H,8,10-11H2,(H,23,26)(H,28,29)/t17-,20+/m1/s1. The van der Waals surface area contributed by atoms with Gasteiger partial charge in [-0.2, -0.15) is 0 Å². The molecule has 31 heavy (non-hydrogen) atoms. The summed E-state index contributed by atoms with van der Waals surface area (Å²) in [5.74, 6) is -1.55. The first-order valence-electron chi connectivity index (χ1n) is 9.45. The number of thioether (sulfide) groups is 2. The number of nitrogens with one attached hydrogen (secondary N) is 1. The molecule has 1 aromatic carbocycles. The van der Waals surface area contributed by atoms with E-state index in [0.717, 1.165) is 5.56 Å². The number of carboxylic acid groups (broad SMARTS) is 1. The molecule has 0 radical (unpaired) electrons. The van der Waals surface area contributed by atoms with Crippen molar-refractivity contribution >= 4 is 41.3 Å². The fourth-order valence-corrected chi connectivity index (χ4v) is 6.00. The molecule has 0 aliphatic carbocycles. The lowest BCUT2D eigenvalue weighted by atomic mass is 10.0. The number of carbonyl (C=O) groups excluding carboxylic acids is 2. The van der Waals surface area contributed by atoms with Gasteiger partial charge in [0, 0.05) is 33.5 Å². The maximum atomic E-state index is 12.8. The number of carbonyl (C=O) groups is 3. The summed E-state index contributed by atoms with van der Waals surface area (Å²) in [6, 6.07) is 10.1. The first-order valence-corrected chi connectivity index (χ1v) is 11.3. The van der Waals surface area contributed by atoms with E-state index >= 15 is 0 Å². The van der Waals surface area contributed by atoms with E-state index in [1.807, 2.05) is 30.3 Å². The van der Waals surface area contributed by atoms with E-state index < -0.39 is 23.3 Å². The van der Waals surface area contributed by atoms with Gasteiger partial charge in [-0.3, -0.25) is 19.5 Å². The summed E-state index contributed by atoms with van der Waals surface area (Å²) < 4.78 is 0. The van der Waals surface area contributed by atoms with Crippen molar-refractivity contribution in [2.24, 2.45) is 0 Å². The molecule has 0 bridgehead atoms.